The number of carbonyl (C=O) groups is 1. The molecule has 3 aromatic rings. The van der Waals surface area contributed by atoms with Crippen LogP contribution >= 0.6 is 0 Å². The summed E-state index contributed by atoms with van der Waals surface area (Å²) >= 11 is 0. The van der Waals surface area contributed by atoms with Gasteiger partial charge in [-0.25, -0.2) is 0 Å². The monoisotopic (exact) mass is 306 g/mol. The average Bonchev–Trinajstić information content (AvgIpc) is 3.01. The van der Waals surface area contributed by atoms with Crippen molar-refractivity contribution < 1.29 is 9.32 Å². The Bertz CT molecular complexity index is 845. The number of para-hydroxylation sites is 1. The molecule has 0 aliphatic rings. The van der Waals surface area contributed by atoms with Gasteiger partial charge in [0, 0.05) is 17.3 Å². The maximum atomic E-state index is 12.4. The molecule has 0 saturated heterocycles. The zero-order chi connectivity index (χ0) is 16.4. The van der Waals surface area contributed by atoms with Crippen LogP contribution in [-0.2, 0) is 0 Å². The van der Waals surface area contributed by atoms with Gasteiger partial charge < -0.3 is 9.84 Å². The molecule has 116 valence electrons. The third-order valence-corrected chi connectivity index (χ3v) is 3.87. The topological polar surface area (TPSA) is 55.1 Å². The summed E-state index contributed by atoms with van der Waals surface area (Å²) in [6.45, 7) is 5.92. The minimum Gasteiger partial charge on any atom is -0.355 e. The van der Waals surface area contributed by atoms with Gasteiger partial charge in [-0.05, 0) is 37.5 Å². The summed E-state index contributed by atoms with van der Waals surface area (Å²) in [5.74, 6) is 0.320. The predicted octanol–water partition coefficient (Wildman–Crippen LogP) is 4.52. The van der Waals surface area contributed by atoms with E-state index in [1.165, 1.54) is 0 Å². The molecule has 1 heterocycles. The molecule has 4 heteroatoms. The molecule has 0 fully saturated rings. The third kappa shape index (κ3) is 3.01. The van der Waals surface area contributed by atoms with Crippen LogP contribution in [0.15, 0.2) is 53.1 Å². The smallest absolute Gasteiger partial charge is 0.277 e. The van der Waals surface area contributed by atoms with E-state index in [-0.39, 0.29) is 11.6 Å². The second-order valence-electron chi connectivity index (χ2n) is 5.61. The maximum Gasteiger partial charge on any atom is 0.277 e. The standard InChI is InChI=1S/C19H18N2O2/c1-12-7-4-5-10-15(12)17-11-16(21-23-17)19(22)20-18-13(2)8-6-9-14(18)3/h4-11H,1-3H3,(H,20,22). The lowest BCUT2D eigenvalue weighted by Gasteiger charge is -2.09. The van der Waals surface area contributed by atoms with Crippen LogP contribution in [0.5, 0.6) is 0 Å². The molecule has 3 rings (SSSR count). The van der Waals surface area contributed by atoms with Crippen LogP contribution in [0.4, 0.5) is 5.69 Å². The van der Waals surface area contributed by atoms with Crippen molar-refractivity contribution in [2.75, 3.05) is 5.32 Å². The second kappa shape index (κ2) is 6.08. The minimum atomic E-state index is -0.272. The molecule has 23 heavy (non-hydrogen) atoms. The number of nitrogens with zero attached hydrogens (tertiary/aromatic N) is 1. The van der Waals surface area contributed by atoms with E-state index in [1.54, 1.807) is 6.07 Å². The lowest BCUT2D eigenvalue weighted by Crippen LogP contribution is -2.14. The predicted molar refractivity (Wildman–Crippen MR) is 90.5 cm³/mol. The zero-order valence-corrected chi connectivity index (χ0v) is 13.4. The van der Waals surface area contributed by atoms with Gasteiger partial charge in [-0.1, -0.05) is 47.6 Å². The highest BCUT2D eigenvalue weighted by Gasteiger charge is 2.16. The summed E-state index contributed by atoms with van der Waals surface area (Å²) in [6, 6.07) is 15.4. The molecule has 2 aromatic carbocycles. The summed E-state index contributed by atoms with van der Waals surface area (Å²) in [6.07, 6.45) is 0. The van der Waals surface area contributed by atoms with E-state index in [9.17, 15) is 4.79 Å². The van der Waals surface area contributed by atoms with Gasteiger partial charge in [-0.2, -0.15) is 0 Å². The number of nitrogens with one attached hydrogen (secondary N) is 1. The number of amides is 1. The Kier molecular flexibility index (Phi) is 3.98. The van der Waals surface area contributed by atoms with Crippen LogP contribution < -0.4 is 5.32 Å². The van der Waals surface area contributed by atoms with Gasteiger partial charge in [0.2, 0.25) is 0 Å². The summed E-state index contributed by atoms with van der Waals surface area (Å²) in [4.78, 5) is 12.4. The number of benzene rings is 2. The molecule has 0 aliphatic carbocycles. The van der Waals surface area contributed by atoms with Crippen LogP contribution in [0, 0.1) is 20.8 Å². The number of rotatable bonds is 3. The van der Waals surface area contributed by atoms with Crippen molar-refractivity contribution in [3.05, 3.63) is 70.9 Å². The van der Waals surface area contributed by atoms with Crippen LogP contribution in [0.1, 0.15) is 27.2 Å². The van der Waals surface area contributed by atoms with Crippen molar-refractivity contribution in [1.29, 1.82) is 0 Å². The Morgan fingerprint density at radius 3 is 2.30 bits per heavy atom. The lowest BCUT2D eigenvalue weighted by molar-refractivity contribution is 0.101. The van der Waals surface area contributed by atoms with Crippen molar-refractivity contribution in [2.24, 2.45) is 0 Å². The molecule has 0 radical (unpaired) electrons. The van der Waals surface area contributed by atoms with Crippen LogP contribution in [0.2, 0.25) is 0 Å². The van der Waals surface area contributed by atoms with Gasteiger partial charge in [0.15, 0.2) is 11.5 Å². The molecule has 0 aliphatic heterocycles. The molecule has 4 nitrogen and oxygen atoms in total. The Morgan fingerprint density at radius 2 is 1.61 bits per heavy atom. The Hall–Kier alpha value is -2.88. The van der Waals surface area contributed by atoms with Crippen LogP contribution in [0.25, 0.3) is 11.3 Å². The molecule has 1 N–H and O–H groups in total. The molecular formula is C19H18N2O2. The number of hydrogen-bond donors (Lipinski definition) is 1. The number of hydrogen-bond acceptors (Lipinski definition) is 3. The quantitative estimate of drug-likeness (QED) is 0.774. The van der Waals surface area contributed by atoms with Crippen LogP contribution in [0.3, 0.4) is 0 Å². The summed E-state index contributed by atoms with van der Waals surface area (Å²) in [7, 11) is 0. The SMILES string of the molecule is Cc1ccccc1-c1cc(C(=O)Nc2c(C)cccc2C)no1. The van der Waals surface area contributed by atoms with Crippen molar-refractivity contribution >= 4 is 11.6 Å². The normalized spacial score (nSPS) is 10.6. The Labute approximate surface area is 135 Å². The lowest BCUT2D eigenvalue weighted by atomic mass is 10.1. The van der Waals surface area contributed by atoms with Gasteiger partial charge in [-0.15, -0.1) is 0 Å². The number of carbonyl (C=O) groups excluding carboxylic acids is 1. The minimum absolute atomic E-state index is 0.269. The zero-order valence-electron chi connectivity index (χ0n) is 13.4. The van der Waals surface area contributed by atoms with E-state index >= 15 is 0 Å². The number of aryl methyl sites for hydroxylation is 3. The van der Waals surface area contributed by atoms with Crippen molar-refractivity contribution in [3.63, 3.8) is 0 Å². The molecule has 0 bridgehead atoms. The summed E-state index contributed by atoms with van der Waals surface area (Å²) < 4.78 is 5.34. The van der Waals surface area contributed by atoms with E-state index < -0.39 is 0 Å². The highest BCUT2D eigenvalue weighted by atomic mass is 16.5. The van der Waals surface area contributed by atoms with Crippen LogP contribution in [-0.4, -0.2) is 11.1 Å². The first-order valence-electron chi connectivity index (χ1n) is 7.46. The highest BCUT2D eigenvalue weighted by molar-refractivity contribution is 6.04. The van der Waals surface area contributed by atoms with Gasteiger partial charge in [0.25, 0.3) is 5.91 Å². The number of anilines is 1. The van der Waals surface area contributed by atoms with E-state index in [0.29, 0.717) is 5.76 Å². The van der Waals surface area contributed by atoms with Crippen molar-refractivity contribution in [3.8, 4) is 11.3 Å². The van der Waals surface area contributed by atoms with Crippen molar-refractivity contribution in [2.45, 2.75) is 20.8 Å². The molecule has 0 spiro atoms. The van der Waals surface area contributed by atoms with Gasteiger partial charge in [0.05, 0.1) is 0 Å². The fourth-order valence-electron chi connectivity index (χ4n) is 2.55. The average molecular weight is 306 g/mol. The summed E-state index contributed by atoms with van der Waals surface area (Å²) in [5.41, 5.74) is 5.13. The third-order valence-electron chi connectivity index (χ3n) is 3.87. The Balaban J connectivity index is 1.86. The first-order valence-corrected chi connectivity index (χ1v) is 7.46. The first kappa shape index (κ1) is 15.0. The maximum absolute atomic E-state index is 12.4. The number of aromatic nitrogens is 1. The van der Waals surface area contributed by atoms with E-state index in [0.717, 1.165) is 27.9 Å². The molecule has 0 atom stereocenters. The van der Waals surface area contributed by atoms with Crippen molar-refractivity contribution in [1.82, 2.24) is 5.16 Å². The van der Waals surface area contributed by atoms with Gasteiger partial charge in [0.1, 0.15) is 0 Å². The van der Waals surface area contributed by atoms with Gasteiger partial charge in [-0.3, -0.25) is 4.79 Å². The molecule has 1 amide bonds. The highest BCUT2D eigenvalue weighted by Crippen LogP contribution is 2.25. The first-order chi connectivity index (χ1) is 11.1. The summed E-state index contributed by atoms with van der Waals surface area (Å²) in [5, 5.41) is 6.81. The molecule has 1 aromatic heterocycles. The van der Waals surface area contributed by atoms with E-state index in [1.807, 2.05) is 63.2 Å². The molecular weight excluding hydrogens is 288 g/mol. The largest absolute Gasteiger partial charge is 0.355 e. The Morgan fingerprint density at radius 1 is 0.957 bits per heavy atom. The molecule has 0 unspecified atom stereocenters. The van der Waals surface area contributed by atoms with E-state index in [4.69, 9.17) is 4.52 Å². The van der Waals surface area contributed by atoms with Gasteiger partial charge >= 0.3 is 0 Å². The fraction of sp³-hybridized carbons (Fsp3) is 0.158. The molecule has 0 saturated carbocycles. The second-order valence-corrected chi connectivity index (χ2v) is 5.61. The van der Waals surface area contributed by atoms with E-state index in [2.05, 4.69) is 10.5 Å². The fourth-order valence-corrected chi connectivity index (χ4v) is 2.55.